The number of Topliss-reactive ketones (excluding diaryl/α,β-unsaturated/α-hetero) is 1. The number of rotatable bonds is 10. The Balaban J connectivity index is 1.84. The third kappa shape index (κ3) is 6.39. The highest BCUT2D eigenvalue weighted by Crippen LogP contribution is 2.57. The number of carbonyl (C=O) groups is 2. The van der Waals surface area contributed by atoms with Crippen LogP contribution in [0.2, 0.25) is 0 Å². The topological polar surface area (TPSA) is 196 Å². The Bertz CT molecular complexity index is 1570. The van der Waals surface area contributed by atoms with Crippen molar-refractivity contribution in [2.24, 2.45) is 10.3 Å². The van der Waals surface area contributed by atoms with E-state index in [1.165, 1.54) is 25.3 Å². The van der Waals surface area contributed by atoms with Crippen molar-refractivity contribution in [3.8, 4) is 0 Å². The Morgan fingerprint density at radius 3 is 2.55 bits per heavy atom. The van der Waals surface area contributed by atoms with Gasteiger partial charge in [-0.2, -0.15) is 0 Å². The molecule has 0 saturated carbocycles. The molecule has 0 fully saturated rings. The second-order valence-electron chi connectivity index (χ2n) is 10.4. The summed E-state index contributed by atoms with van der Waals surface area (Å²) < 4.78 is 61.8. The van der Waals surface area contributed by atoms with E-state index in [1.807, 2.05) is 13.8 Å². The van der Waals surface area contributed by atoms with E-state index in [4.69, 9.17) is 9.47 Å². The molecule has 1 aliphatic heterocycles. The van der Waals surface area contributed by atoms with Crippen LogP contribution in [0.4, 0.5) is 16.2 Å². The van der Waals surface area contributed by atoms with Crippen molar-refractivity contribution in [1.29, 1.82) is 0 Å². The molecule has 0 saturated heterocycles. The lowest BCUT2D eigenvalue weighted by Gasteiger charge is -2.41. The minimum absolute atomic E-state index is 0.0610. The maximum atomic E-state index is 14.5. The molecular weight excluding hydrogens is 588 g/mol. The Hall–Kier alpha value is -3.63. The number of ketones is 1. The number of amidine groups is 1. The predicted octanol–water partition coefficient (Wildman–Crippen LogP) is 4.46. The van der Waals surface area contributed by atoms with E-state index < -0.39 is 44.0 Å². The summed E-state index contributed by atoms with van der Waals surface area (Å²) in [7, 11) is -6.17. The van der Waals surface area contributed by atoms with Crippen LogP contribution in [-0.2, 0) is 29.8 Å². The van der Waals surface area contributed by atoms with Gasteiger partial charge in [-0.3, -0.25) is 18.6 Å². The second kappa shape index (κ2) is 11.9. The molecule has 6 N–H and O–H groups in total. The third-order valence-corrected chi connectivity index (χ3v) is 8.69. The van der Waals surface area contributed by atoms with E-state index >= 15 is 0 Å². The van der Waals surface area contributed by atoms with Gasteiger partial charge in [0.15, 0.2) is 5.84 Å². The summed E-state index contributed by atoms with van der Waals surface area (Å²) in [6, 6.07) is 10.5. The van der Waals surface area contributed by atoms with E-state index in [1.54, 1.807) is 24.3 Å². The number of nitrogens with zero attached hydrogens (tertiary/aromatic N) is 1. The number of hydrogen-bond acceptors (Lipinski definition) is 11. The Morgan fingerprint density at radius 1 is 1.17 bits per heavy atom. The van der Waals surface area contributed by atoms with Gasteiger partial charge in [-0.1, -0.05) is 48.9 Å². The lowest BCUT2D eigenvalue weighted by Crippen LogP contribution is -2.56. The predicted molar refractivity (Wildman–Crippen MR) is 160 cm³/mol. The van der Waals surface area contributed by atoms with E-state index in [0.29, 0.717) is 12.0 Å². The maximum Gasteiger partial charge on any atom is 0.408 e. The number of fused-ring (bicyclic) bond motifs is 2. The number of nitrogens with one attached hydrogen (secondary N) is 3. The van der Waals surface area contributed by atoms with Crippen LogP contribution in [0, 0.1) is 5.92 Å². The molecule has 0 radical (unpaired) electrons. The van der Waals surface area contributed by atoms with Crippen LogP contribution < -0.4 is 15.4 Å². The monoisotopic (exact) mass is 622 g/mol. The number of aliphatic hydroxyl groups is 1. The number of alkyl carbamates (subject to hydrolysis) is 1. The summed E-state index contributed by atoms with van der Waals surface area (Å²) in [6.45, 7) is 4.00. The molecule has 13 nitrogen and oxygen atoms in total. The molecule has 15 heteroatoms. The molecule has 1 atom stereocenters. The molecule has 42 heavy (non-hydrogen) atoms. The average Bonchev–Trinajstić information content (AvgIpc) is 2.90. The molecule has 228 valence electrons. The summed E-state index contributed by atoms with van der Waals surface area (Å²) in [5, 5.41) is 17.0. The zero-order valence-electron chi connectivity index (χ0n) is 23.5. The van der Waals surface area contributed by atoms with Crippen molar-refractivity contribution in [1.82, 2.24) is 5.32 Å². The van der Waals surface area contributed by atoms with Gasteiger partial charge in [-0.05, 0) is 42.5 Å². The van der Waals surface area contributed by atoms with Crippen LogP contribution in [0.25, 0.3) is 5.76 Å². The van der Waals surface area contributed by atoms with Crippen LogP contribution in [0.1, 0.15) is 37.8 Å². The first kappa shape index (κ1) is 31.3. The third-order valence-electron chi connectivity index (χ3n) is 6.71. The van der Waals surface area contributed by atoms with Crippen molar-refractivity contribution < 1.29 is 41.7 Å². The molecule has 1 heterocycles. The van der Waals surface area contributed by atoms with Crippen molar-refractivity contribution >= 4 is 55.6 Å². The number of amides is 1. The number of hydrogen-bond donors (Lipinski definition) is 6. The lowest BCUT2D eigenvalue weighted by atomic mass is 9.71. The number of carbonyl (C=O) groups excluding carboxylic acids is 2. The van der Waals surface area contributed by atoms with Gasteiger partial charge in [0, 0.05) is 12.7 Å². The van der Waals surface area contributed by atoms with Crippen LogP contribution in [0.3, 0.4) is 0 Å². The van der Waals surface area contributed by atoms with Crippen molar-refractivity contribution in [2.45, 2.75) is 37.1 Å². The molecule has 1 unspecified atom stereocenters. The molecule has 0 bridgehead atoms. The molecule has 0 aromatic heterocycles. The van der Waals surface area contributed by atoms with Gasteiger partial charge in [0.25, 0.3) is 0 Å². The smallest absolute Gasteiger partial charge is 0.408 e. The summed E-state index contributed by atoms with van der Waals surface area (Å²) >= 11 is 0. The van der Waals surface area contributed by atoms with Crippen LogP contribution in [0.5, 0.6) is 0 Å². The Labute approximate surface area is 245 Å². The average molecular weight is 623 g/mol. The summed E-state index contributed by atoms with van der Waals surface area (Å²) in [5.74, 6) is -1.39. The maximum absolute atomic E-state index is 14.5. The van der Waals surface area contributed by atoms with Crippen molar-refractivity contribution in [3.05, 3.63) is 59.2 Å². The molecule has 1 amide bonds. The first-order chi connectivity index (χ1) is 19.7. The van der Waals surface area contributed by atoms with E-state index in [-0.39, 0.29) is 58.8 Å². The first-order valence-electron chi connectivity index (χ1n) is 13.0. The highest BCUT2D eigenvalue weighted by molar-refractivity contribution is 8.23. The zero-order valence-corrected chi connectivity index (χ0v) is 25.1. The van der Waals surface area contributed by atoms with Crippen LogP contribution >= 0.6 is 10.8 Å². The summed E-state index contributed by atoms with van der Waals surface area (Å²) in [5.41, 5.74) is -1.26. The number of aliphatic hydroxyl groups excluding tert-OH is 1. The minimum Gasteiger partial charge on any atom is -0.506 e. The second-order valence-corrected chi connectivity index (χ2v) is 13.8. The van der Waals surface area contributed by atoms with Gasteiger partial charge in [-0.15, -0.1) is 4.40 Å². The number of anilines is 2. The molecule has 0 spiro atoms. The molecule has 2 aliphatic rings. The molecule has 4 rings (SSSR count). The first-order valence-corrected chi connectivity index (χ1v) is 16.4. The number of sulfonamides is 1. The van der Waals surface area contributed by atoms with E-state index in [2.05, 4.69) is 19.8 Å². The normalized spacial score (nSPS) is 20.2. The van der Waals surface area contributed by atoms with Gasteiger partial charge in [0.1, 0.15) is 28.4 Å². The Kier molecular flexibility index (Phi) is 8.89. The zero-order chi connectivity index (χ0) is 30.9. The largest absolute Gasteiger partial charge is 0.506 e. The number of methoxy groups -OCH3 is 1. The number of benzene rings is 2. The number of ether oxygens (including phenoxy) is 2. The summed E-state index contributed by atoms with van der Waals surface area (Å²) in [6.07, 6.45) is 0.713. The Morgan fingerprint density at radius 2 is 1.88 bits per heavy atom. The quantitative estimate of drug-likeness (QED) is 0.206. The fourth-order valence-corrected chi connectivity index (χ4v) is 6.54. The minimum atomic E-state index is -3.98. The summed E-state index contributed by atoms with van der Waals surface area (Å²) in [4.78, 5) is 27.3. The fourth-order valence-electron chi connectivity index (χ4n) is 4.79. The fraction of sp³-hybridized carbons (Fsp3) is 0.370. The van der Waals surface area contributed by atoms with Gasteiger partial charge in [0.05, 0.1) is 24.2 Å². The van der Waals surface area contributed by atoms with Gasteiger partial charge in [0.2, 0.25) is 15.8 Å². The van der Waals surface area contributed by atoms with Gasteiger partial charge >= 0.3 is 6.09 Å². The van der Waals surface area contributed by atoms with Crippen molar-refractivity contribution in [2.75, 3.05) is 36.6 Å². The van der Waals surface area contributed by atoms with Gasteiger partial charge in [-0.25, -0.2) is 13.2 Å². The van der Waals surface area contributed by atoms with Crippen molar-refractivity contribution in [3.63, 3.8) is 0 Å². The molecular formula is C27H34N4O9S2. The molecule has 1 aliphatic carbocycles. The highest BCUT2D eigenvalue weighted by atomic mass is 32.3. The molecule has 2 aromatic rings. The lowest BCUT2D eigenvalue weighted by molar-refractivity contribution is -0.122. The van der Waals surface area contributed by atoms with Crippen LogP contribution in [-0.4, -0.2) is 66.9 Å². The van der Waals surface area contributed by atoms with E-state index in [0.717, 1.165) is 6.26 Å². The highest BCUT2D eigenvalue weighted by Gasteiger charge is 2.51. The molecule has 2 aromatic carbocycles. The SMILES string of the molecule is COCCOC(=O)NC1(CCC(C)C)C(=O)C(C2=NS(O)(O)c3cc(NS(C)(=O)=O)ccc3N2)=C(O)c2ccccc21. The van der Waals surface area contributed by atoms with Gasteiger partial charge < -0.3 is 25.2 Å². The standard InChI is InChI=1S/C27H34N4O9S2/c1-16(2)11-12-27(29-26(34)40-14-13-39-3)19-8-6-5-7-18(19)23(32)22(24(27)33)25-28-20-10-9-17(30-41(4,35)36)15-21(20)42(37,38)31-25/h5-10,15-16,30,32,37-38H,11-14H2,1-4H3,(H,28,31)(H,29,34). The van der Waals surface area contributed by atoms with E-state index in [9.17, 15) is 32.2 Å². The van der Waals surface area contributed by atoms with Crippen LogP contribution in [0.15, 0.2) is 57.3 Å².